The molecule has 4 nitrogen and oxygen atoms in total. The van der Waals surface area contributed by atoms with E-state index >= 15 is 0 Å². The second-order valence-corrected chi connectivity index (χ2v) is 7.21. The summed E-state index contributed by atoms with van der Waals surface area (Å²) < 4.78 is 0. The summed E-state index contributed by atoms with van der Waals surface area (Å²) in [5, 5.41) is 6.54. The largest absolute Gasteiger partial charge is 0.351 e. The van der Waals surface area contributed by atoms with E-state index in [2.05, 4.69) is 22.5 Å². The number of amides is 1. The molecule has 1 amide bonds. The van der Waals surface area contributed by atoms with Gasteiger partial charge in [-0.3, -0.25) is 9.69 Å². The van der Waals surface area contributed by atoms with Crippen LogP contribution in [0.4, 0.5) is 0 Å². The van der Waals surface area contributed by atoms with Crippen LogP contribution in [0.2, 0.25) is 0 Å². The average molecular weight is 267 g/mol. The fourth-order valence-electron chi connectivity index (χ4n) is 2.99. The van der Waals surface area contributed by atoms with Crippen molar-refractivity contribution >= 4 is 5.91 Å². The number of hydrogen-bond donors (Lipinski definition) is 2. The topological polar surface area (TPSA) is 44.4 Å². The van der Waals surface area contributed by atoms with Crippen molar-refractivity contribution in [2.75, 3.05) is 13.1 Å². The van der Waals surface area contributed by atoms with E-state index in [4.69, 9.17) is 0 Å². The molecule has 2 aliphatic rings. The molecule has 0 radical (unpaired) electrons. The van der Waals surface area contributed by atoms with Crippen LogP contribution in [0.15, 0.2) is 0 Å². The van der Waals surface area contributed by atoms with Crippen molar-refractivity contribution in [1.82, 2.24) is 15.5 Å². The Labute approximate surface area is 117 Å². The Balaban J connectivity index is 1.62. The molecule has 1 aliphatic heterocycles. The highest BCUT2D eigenvalue weighted by Crippen LogP contribution is 2.33. The van der Waals surface area contributed by atoms with Crippen molar-refractivity contribution in [3.05, 3.63) is 0 Å². The second kappa shape index (κ2) is 5.80. The summed E-state index contributed by atoms with van der Waals surface area (Å²) in [7, 11) is 0. The van der Waals surface area contributed by atoms with Crippen molar-refractivity contribution in [3.8, 4) is 0 Å². The monoisotopic (exact) mass is 267 g/mol. The molecule has 0 bridgehead atoms. The maximum absolute atomic E-state index is 11.7. The van der Waals surface area contributed by atoms with Crippen molar-refractivity contribution in [2.45, 2.75) is 77.0 Å². The van der Waals surface area contributed by atoms with Gasteiger partial charge in [-0.05, 0) is 47.0 Å². The van der Waals surface area contributed by atoms with Gasteiger partial charge in [-0.25, -0.2) is 0 Å². The van der Waals surface area contributed by atoms with Crippen LogP contribution < -0.4 is 10.6 Å². The highest BCUT2D eigenvalue weighted by molar-refractivity contribution is 5.76. The molecule has 110 valence electrons. The first kappa shape index (κ1) is 14.8. The molecule has 0 spiro atoms. The van der Waals surface area contributed by atoms with Crippen molar-refractivity contribution < 1.29 is 4.79 Å². The normalized spacial score (nSPS) is 28.6. The van der Waals surface area contributed by atoms with Crippen LogP contribution in [0.3, 0.4) is 0 Å². The van der Waals surface area contributed by atoms with Crippen LogP contribution in [-0.2, 0) is 4.79 Å². The third kappa shape index (κ3) is 4.77. The van der Waals surface area contributed by atoms with E-state index < -0.39 is 0 Å². The first-order valence-corrected chi connectivity index (χ1v) is 7.65. The van der Waals surface area contributed by atoms with E-state index in [0.717, 1.165) is 19.1 Å². The van der Waals surface area contributed by atoms with Gasteiger partial charge in [0.2, 0.25) is 5.91 Å². The molecule has 0 aromatic heterocycles. The quantitative estimate of drug-likeness (QED) is 0.793. The Morgan fingerprint density at radius 1 is 1.32 bits per heavy atom. The summed E-state index contributed by atoms with van der Waals surface area (Å²) in [5.74, 6) is 0.144. The number of hydrogen-bond acceptors (Lipinski definition) is 3. The SMILES string of the molecule is CC1CC(NCCC(=O)NC(C)(C)C)CN1C1CC1. The Bertz CT molecular complexity index is 320. The lowest BCUT2D eigenvalue weighted by Crippen LogP contribution is -2.42. The summed E-state index contributed by atoms with van der Waals surface area (Å²) in [6.07, 6.45) is 4.55. The molecular weight excluding hydrogens is 238 g/mol. The van der Waals surface area contributed by atoms with Crippen LogP contribution in [0, 0.1) is 0 Å². The molecule has 19 heavy (non-hydrogen) atoms. The number of carbonyl (C=O) groups is 1. The highest BCUT2D eigenvalue weighted by Gasteiger charge is 2.38. The molecule has 1 saturated carbocycles. The molecule has 2 rings (SSSR count). The van der Waals surface area contributed by atoms with Gasteiger partial charge in [0.05, 0.1) is 0 Å². The maximum Gasteiger partial charge on any atom is 0.221 e. The lowest BCUT2D eigenvalue weighted by atomic mass is 10.1. The molecular formula is C15H29N3O. The zero-order valence-electron chi connectivity index (χ0n) is 12.8. The molecule has 4 heteroatoms. The lowest BCUT2D eigenvalue weighted by molar-refractivity contribution is -0.122. The zero-order valence-corrected chi connectivity index (χ0v) is 12.8. The first-order valence-electron chi connectivity index (χ1n) is 7.65. The second-order valence-electron chi connectivity index (χ2n) is 7.21. The summed E-state index contributed by atoms with van der Waals surface area (Å²) in [4.78, 5) is 14.3. The number of likely N-dealkylation sites (tertiary alicyclic amines) is 1. The third-order valence-electron chi connectivity index (χ3n) is 3.94. The van der Waals surface area contributed by atoms with E-state index in [1.54, 1.807) is 0 Å². The Morgan fingerprint density at radius 2 is 2.00 bits per heavy atom. The Morgan fingerprint density at radius 3 is 2.58 bits per heavy atom. The highest BCUT2D eigenvalue weighted by atomic mass is 16.1. The van der Waals surface area contributed by atoms with Gasteiger partial charge in [0.25, 0.3) is 0 Å². The Kier molecular flexibility index (Phi) is 4.51. The predicted molar refractivity (Wildman–Crippen MR) is 78.1 cm³/mol. The fraction of sp³-hybridized carbons (Fsp3) is 0.933. The molecule has 2 atom stereocenters. The van der Waals surface area contributed by atoms with Gasteiger partial charge < -0.3 is 10.6 Å². The number of rotatable bonds is 5. The van der Waals surface area contributed by atoms with E-state index in [1.165, 1.54) is 19.3 Å². The van der Waals surface area contributed by atoms with Crippen molar-refractivity contribution in [1.29, 1.82) is 0 Å². The minimum Gasteiger partial charge on any atom is -0.351 e. The molecule has 2 unspecified atom stereocenters. The van der Waals surface area contributed by atoms with Gasteiger partial charge in [-0.15, -0.1) is 0 Å². The average Bonchev–Trinajstić information content (AvgIpc) is 3.01. The molecule has 0 aromatic carbocycles. The van der Waals surface area contributed by atoms with E-state index in [0.29, 0.717) is 18.5 Å². The van der Waals surface area contributed by atoms with Crippen LogP contribution in [-0.4, -0.2) is 47.6 Å². The summed E-state index contributed by atoms with van der Waals surface area (Å²) in [5.41, 5.74) is -0.123. The number of nitrogens with one attached hydrogen (secondary N) is 2. The maximum atomic E-state index is 11.7. The minimum absolute atomic E-state index is 0.123. The van der Waals surface area contributed by atoms with Crippen molar-refractivity contribution in [3.63, 3.8) is 0 Å². The van der Waals surface area contributed by atoms with E-state index in [9.17, 15) is 4.79 Å². The van der Waals surface area contributed by atoms with E-state index in [-0.39, 0.29) is 11.4 Å². The lowest BCUT2D eigenvalue weighted by Gasteiger charge is -2.21. The van der Waals surface area contributed by atoms with Crippen LogP contribution in [0.25, 0.3) is 0 Å². The van der Waals surface area contributed by atoms with Crippen LogP contribution in [0.1, 0.15) is 53.4 Å². The molecule has 1 heterocycles. The fourth-order valence-corrected chi connectivity index (χ4v) is 2.99. The van der Waals surface area contributed by atoms with Gasteiger partial charge in [0, 0.05) is 43.2 Å². The van der Waals surface area contributed by atoms with Crippen LogP contribution in [0.5, 0.6) is 0 Å². The summed E-state index contributed by atoms with van der Waals surface area (Å²) in [6.45, 7) is 10.3. The molecule has 0 aromatic rings. The Hall–Kier alpha value is -0.610. The van der Waals surface area contributed by atoms with Gasteiger partial charge in [0.1, 0.15) is 0 Å². The van der Waals surface area contributed by atoms with E-state index in [1.807, 2.05) is 20.8 Å². The minimum atomic E-state index is -0.123. The molecule has 1 aliphatic carbocycles. The molecule has 2 N–H and O–H groups in total. The summed E-state index contributed by atoms with van der Waals surface area (Å²) in [6, 6.07) is 2.12. The number of carbonyl (C=O) groups excluding carboxylic acids is 1. The van der Waals surface area contributed by atoms with Crippen molar-refractivity contribution in [2.24, 2.45) is 0 Å². The van der Waals surface area contributed by atoms with Gasteiger partial charge >= 0.3 is 0 Å². The third-order valence-corrected chi connectivity index (χ3v) is 3.94. The molecule has 2 fully saturated rings. The smallest absolute Gasteiger partial charge is 0.221 e. The van der Waals surface area contributed by atoms with Crippen LogP contribution >= 0.6 is 0 Å². The van der Waals surface area contributed by atoms with Gasteiger partial charge in [0.15, 0.2) is 0 Å². The predicted octanol–water partition coefficient (Wildman–Crippen LogP) is 1.51. The summed E-state index contributed by atoms with van der Waals surface area (Å²) >= 11 is 0. The first-order chi connectivity index (χ1) is 8.85. The van der Waals surface area contributed by atoms with Gasteiger partial charge in [-0.2, -0.15) is 0 Å². The number of nitrogens with zero attached hydrogens (tertiary/aromatic N) is 1. The standard InChI is InChI=1S/C15H29N3O/c1-11-9-12(10-18(11)13-5-6-13)16-8-7-14(19)17-15(2,3)4/h11-13,16H,5-10H2,1-4H3,(H,17,19). The molecule has 1 saturated heterocycles. The zero-order chi connectivity index (χ0) is 14.0. The van der Waals surface area contributed by atoms with Gasteiger partial charge in [-0.1, -0.05) is 0 Å².